The molecule has 0 aromatic heterocycles. The summed E-state index contributed by atoms with van der Waals surface area (Å²) in [7, 11) is 0. The van der Waals surface area contributed by atoms with Crippen LogP contribution in [0.5, 0.6) is 0 Å². The van der Waals surface area contributed by atoms with Crippen LogP contribution in [0.25, 0.3) is 0 Å². The van der Waals surface area contributed by atoms with Crippen LogP contribution in [0.4, 0.5) is 0 Å². The third kappa shape index (κ3) is 3.04. The van der Waals surface area contributed by atoms with Crippen LogP contribution in [-0.4, -0.2) is 36.3 Å². The number of aliphatic imine (C=N–C) groups is 1. The van der Waals surface area contributed by atoms with Gasteiger partial charge in [0.2, 0.25) is 0 Å². The number of allylic oxidation sites excluding steroid dienone is 1. The van der Waals surface area contributed by atoms with Gasteiger partial charge in [-0.2, -0.15) is 0 Å². The van der Waals surface area contributed by atoms with Gasteiger partial charge in [0, 0.05) is 17.3 Å². The summed E-state index contributed by atoms with van der Waals surface area (Å²) in [5.74, 6) is 0. The molecule has 0 amide bonds. The van der Waals surface area contributed by atoms with Gasteiger partial charge >= 0.3 is 0 Å². The fraction of sp³-hybridized carbons (Fsp3) is 0.667. The summed E-state index contributed by atoms with van der Waals surface area (Å²) in [4.78, 5) is 7.19. The van der Waals surface area contributed by atoms with Crippen LogP contribution in [0.15, 0.2) is 27.7 Å². The summed E-state index contributed by atoms with van der Waals surface area (Å²) >= 11 is 6.23. The van der Waals surface area contributed by atoms with Gasteiger partial charge < -0.3 is 4.90 Å². The van der Waals surface area contributed by atoms with Crippen LogP contribution in [-0.2, 0) is 0 Å². The molecule has 2 atom stereocenters. The van der Waals surface area contributed by atoms with Crippen molar-refractivity contribution in [3.8, 4) is 0 Å². The zero-order valence-electron chi connectivity index (χ0n) is 11.4. The summed E-state index contributed by atoms with van der Waals surface area (Å²) in [5, 5.41) is 0.881. The highest BCUT2D eigenvalue weighted by molar-refractivity contribution is 6.33. The van der Waals surface area contributed by atoms with E-state index in [0.29, 0.717) is 6.04 Å². The molecule has 2 nitrogen and oxygen atoms in total. The number of hydrogen-bond donors (Lipinski definition) is 0. The Kier molecular flexibility index (Phi) is 5.02. The number of halogens is 1. The summed E-state index contributed by atoms with van der Waals surface area (Å²) in [5.41, 5.74) is 1.24. The largest absolute Gasteiger partial charge is 0.300 e. The lowest BCUT2D eigenvalue weighted by molar-refractivity contribution is 0.178. The first kappa shape index (κ1) is 13.8. The van der Waals surface area contributed by atoms with Gasteiger partial charge in [0.1, 0.15) is 0 Å². The average molecular weight is 267 g/mol. The predicted octanol–water partition coefficient (Wildman–Crippen LogP) is 3.77. The summed E-state index contributed by atoms with van der Waals surface area (Å²) in [6.07, 6.45) is 10.7. The second kappa shape index (κ2) is 6.53. The Morgan fingerprint density at radius 1 is 1.33 bits per heavy atom. The Labute approximate surface area is 115 Å². The van der Waals surface area contributed by atoms with E-state index < -0.39 is 0 Å². The molecule has 3 heteroatoms. The molecule has 0 aromatic carbocycles. The summed E-state index contributed by atoms with van der Waals surface area (Å²) in [6.45, 7) is 6.90. The number of rotatable bonds is 5. The Hall–Kier alpha value is -0.600. The van der Waals surface area contributed by atoms with Crippen molar-refractivity contribution in [1.29, 1.82) is 0 Å². The molecule has 2 rings (SSSR count). The molecule has 100 valence electrons. The van der Waals surface area contributed by atoms with Crippen molar-refractivity contribution in [2.45, 2.75) is 51.6 Å². The molecule has 0 saturated carbocycles. The molecule has 0 N–H and O–H groups in total. The second-order valence-corrected chi connectivity index (χ2v) is 5.56. The number of dihydropyridines is 1. The Morgan fingerprint density at radius 3 is 2.72 bits per heavy atom. The van der Waals surface area contributed by atoms with Crippen LogP contribution >= 0.6 is 11.6 Å². The molecule has 0 bridgehead atoms. The molecule has 1 aliphatic carbocycles. The minimum atomic E-state index is 0.289. The molecule has 0 saturated heterocycles. The van der Waals surface area contributed by atoms with E-state index in [1.54, 1.807) is 0 Å². The quantitative estimate of drug-likeness (QED) is 0.740. The topological polar surface area (TPSA) is 15.6 Å². The third-order valence-electron chi connectivity index (χ3n) is 3.76. The van der Waals surface area contributed by atoms with Gasteiger partial charge in [-0.3, -0.25) is 4.99 Å². The summed E-state index contributed by atoms with van der Waals surface area (Å²) < 4.78 is 0. The van der Waals surface area contributed by atoms with Crippen LogP contribution in [0, 0.1) is 0 Å². The highest BCUT2D eigenvalue weighted by Crippen LogP contribution is 2.33. The van der Waals surface area contributed by atoms with Crippen LogP contribution in [0.1, 0.15) is 39.5 Å². The van der Waals surface area contributed by atoms with Gasteiger partial charge in [0.25, 0.3) is 0 Å². The Bertz CT molecular complexity index is 365. The van der Waals surface area contributed by atoms with Gasteiger partial charge in [0.15, 0.2) is 0 Å². The summed E-state index contributed by atoms with van der Waals surface area (Å²) in [6, 6.07) is 0.927. The van der Waals surface area contributed by atoms with E-state index in [2.05, 4.69) is 29.8 Å². The minimum Gasteiger partial charge on any atom is -0.300 e. The van der Waals surface area contributed by atoms with E-state index in [0.717, 1.165) is 17.9 Å². The van der Waals surface area contributed by atoms with Crippen molar-refractivity contribution < 1.29 is 0 Å². The fourth-order valence-corrected chi connectivity index (χ4v) is 3.20. The van der Waals surface area contributed by atoms with E-state index in [9.17, 15) is 0 Å². The van der Waals surface area contributed by atoms with Crippen molar-refractivity contribution >= 4 is 17.8 Å². The molecule has 1 heterocycles. The first-order valence-electron chi connectivity index (χ1n) is 7.09. The van der Waals surface area contributed by atoms with Crippen LogP contribution < -0.4 is 0 Å². The SMILES string of the molecule is CCCN(CCC)C1CC=C2C(Cl)=CC=NC2C1. The number of nitrogens with zero attached hydrogens (tertiary/aromatic N) is 2. The first-order chi connectivity index (χ1) is 8.76. The van der Waals surface area contributed by atoms with E-state index in [1.807, 2.05) is 12.3 Å². The van der Waals surface area contributed by atoms with Crippen molar-refractivity contribution in [2.24, 2.45) is 4.99 Å². The van der Waals surface area contributed by atoms with Crippen molar-refractivity contribution in [2.75, 3.05) is 13.1 Å². The maximum atomic E-state index is 6.23. The molecule has 1 aliphatic heterocycles. The second-order valence-electron chi connectivity index (χ2n) is 5.15. The van der Waals surface area contributed by atoms with Gasteiger partial charge in [-0.1, -0.05) is 31.5 Å². The maximum Gasteiger partial charge on any atom is 0.0775 e. The minimum absolute atomic E-state index is 0.289. The zero-order valence-corrected chi connectivity index (χ0v) is 12.2. The number of fused-ring (bicyclic) bond motifs is 1. The smallest absolute Gasteiger partial charge is 0.0775 e. The Morgan fingerprint density at radius 2 is 2.06 bits per heavy atom. The molecular formula is C15H23ClN2. The van der Waals surface area contributed by atoms with Gasteiger partial charge in [0.05, 0.1) is 6.04 Å². The lowest BCUT2D eigenvalue weighted by Gasteiger charge is -2.36. The van der Waals surface area contributed by atoms with Gasteiger partial charge in [-0.15, -0.1) is 0 Å². The van der Waals surface area contributed by atoms with Crippen molar-refractivity contribution in [3.05, 3.63) is 22.8 Å². The lowest BCUT2D eigenvalue weighted by atomic mass is 9.88. The molecule has 2 unspecified atom stereocenters. The normalized spacial score (nSPS) is 26.9. The highest BCUT2D eigenvalue weighted by atomic mass is 35.5. The molecule has 18 heavy (non-hydrogen) atoms. The third-order valence-corrected chi connectivity index (χ3v) is 4.11. The molecule has 2 aliphatic rings. The van der Waals surface area contributed by atoms with Crippen LogP contribution in [0.3, 0.4) is 0 Å². The molecule has 0 aromatic rings. The lowest BCUT2D eigenvalue weighted by Crippen LogP contribution is -2.40. The standard InChI is InChI=1S/C15H23ClN2/c1-3-9-18(10-4-2)12-5-6-13-14(16)7-8-17-15(13)11-12/h6-8,12,15H,3-5,9-11H2,1-2H3. The highest BCUT2D eigenvalue weighted by Gasteiger charge is 2.29. The molecule has 0 fully saturated rings. The van der Waals surface area contributed by atoms with E-state index in [4.69, 9.17) is 11.6 Å². The zero-order chi connectivity index (χ0) is 13.0. The number of hydrogen-bond acceptors (Lipinski definition) is 2. The average Bonchev–Trinajstić information content (AvgIpc) is 2.38. The van der Waals surface area contributed by atoms with Crippen LogP contribution in [0.2, 0.25) is 0 Å². The van der Waals surface area contributed by atoms with Gasteiger partial charge in [-0.05, 0) is 50.4 Å². The maximum absolute atomic E-state index is 6.23. The molecular weight excluding hydrogens is 244 g/mol. The molecule has 0 radical (unpaired) electrons. The fourth-order valence-electron chi connectivity index (χ4n) is 2.94. The van der Waals surface area contributed by atoms with E-state index in [-0.39, 0.29) is 6.04 Å². The Balaban J connectivity index is 2.06. The van der Waals surface area contributed by atoms with E-state index >= 15 is 0 Å². The molecule has 0 spiro atoms. The predicted molar refractivity (Wildman–Crippen MR) is 79.5 cm³/mol. The van der Waals surface area contributed by atoms with Crippen molar-refractivity contribution in [1.82, 2.24) is 4.90 Å². The van der Waals surface area contributed by atoms with Crippen molar-refractivity contribution in [3.63, 3.8) is 0 Å². The van der Waals surface area contributed by atoms with Gasteiger partial charge in [-0.25, -0.2) is 0 Å². The first-order valence-corrected chi connectivity index (χ1v) is 7.47. The van der Waals surface area contributed by atoms with E-state index in [1.165, 1.54) is 31.5 Å². The monoisotopic (exact) mass is 266 g/mol.